The van der Waals surface area contributed by atoms with E-state index in [0.717, 1.165) is 16.9 Å². The van der Waals surface area contributed by atoms with Crippen LogP contribution in [0.3, 0.4) is 0 Å². The zero-order chi connectivity index (χ0) is 19.2. The van der Waals surface area contributed by atoms with E-state index in [1.807, 2.05) is 31.2 Å². The highest BCUT2D eigenvalue weighted by Gasteiger charge is 2.11. The first kappa shape index (κ1) is 18.6. The Morgan fingerprint density at radius 1 is 1.22 bits per heavy atom. The Kier molecular flexibility index (Phi) is 5.80. The summed E-state index contributed by atoms with van der Waals surface area (Å²) in [7, 11) is 1.60. The van der Waals surface area contributed by atoms with Gasteiger partial charge in [0, 0.05) is 24.1 Å². The number of nitrogens with one attached hydrogen (secondary N) is 1. The molecular weight excluding hydrogens is 349 g/mol. The lowest BCUT2D eigenvalue weighted by molar-refractivity contribution is -0.116. The van der Waals surface area contributed by atoms with E-state index in [1.54, 1.807) is 13.2 Å². The summed E-state index contributed by atoms with van der Waals surface area (Å²) >= 11 is 0. The second-order valence-electron chi connectivity index (χ2n) is 6.10. The second kappa shape index (κ2) is 8.44. The molecule has 0 atom stereocenters. The molecule has 7 heteroatoms. The minimum atomic E-state index is -0.382. The highest BCUT2D eigenvalue weighted by atomic mass is 19.1. The summed E-state index contributed by atoms with van der Waals surface area (Å²) in [5.74, 6) is 1.15. The molecule has 0 unspecified atom stereocenters. The van der Waals surface area contributed by atoms with Crippen LogP contribution in [0.4, 0.5) is 10.1 Å². The fourth-order valence-corrected chi connectivity index (χ4v) is 2.56. The van der Waals surface area contributed by atoms with Gasteiger partial charge >= 0.3 is 0 Å². The van der Waals surface area contributed by atoms with Crippen molar-refractivity contribution in [3.05, 3.63) is 59.7 Å². The number of halogens is 1. The van der Waals surface area contributed by atoms with Crippen LogP contribution in [0.5, 0.6) is 5.75 Å². The molecule has 0 spiro atoms. The molecule has 3 rings (SSSR count). The SMILES string of the molecule is COc1ccc(-c2noc(CCCC(=O)Nc3cc(F)ccc3C)n2)cc1. The molecule has 1 amide bonds. The molecule has 1 aromatic heterocycles. The summed E-state index contributed by atoms with van der Waals surface area (Å²) in [6.07, 6.45) is 1.30. The molecule has 0 fully saturated rings. The van der Waals surface area contributed by atoms with Gasteiger partial charge in [0.1, 0.15) is 11.6 Å². The zero-order valence-electron chi connectivity index (χ0n) is 15.2. The molecule has 0 aliphatic carbocycles. The van der Waals surface area contributed by atoms with Crippen LogP contribution in [-0.2, 0) is 11.2 Å². The molecule has 2 aromatic carbocycles. The van der Waals surface area contributed by atoms with Gasteiger partial charge in [0.2, 0.25) is 17.6 Å². The molecule has 140 valence electrons. The van der Waals surface area contributed by atoms with Crippen LogP contribution in [0.2, 0.25) is 0 Å². The molecule has 27 heavy (non-hydrogen) atoms. The van der Waals surface area contributed by atoms with Gasteiger partial charge in [-0.25, -0.2) is 4.39 Å². The minimum absolute atomic E-state index is 0.182. The molecule has 3 aromatic rings. The van der Waals surface area contributed by atoms with E-state index in [2.05, 4.69) is 15.5 Å². The van der Waals surface area contributed by atoms with Gasteiger partial charge in [-0.3, -0.25) is 4.79 Å². The maximum atomic E-state index is 13.3. The lowest BCUT2D eigenvalue weighted by Crippen LogP contribution is -2.12. The standard InChI is InChI=1S/C20H20FN3O3/c1-13-6-9-15(21)12-17(13)22-18(25)4-3-5-19-23-20(24-27-19)14-7-10-16(26-2)11-8-14/h6-12H,3-5H2,1-2H3,(H,22,25). The Hall–Kier alpha value is -3.22. The number of hydrogen-bond donors (Lipinski definition) is 1. The van der Waals surface area contributed by atoms with Crippen LogP contribution in [0.25, 0.3) is 11.4 Å². The summed E-state index contributed by atoms with van der Waals surface area (Å²) in [6.45, 7) is 1.81. The van der Waals surface area contributed by atoms with Crippen molar-refractivity contribution in [2.45, 2.75) is 26.2 Å². The highest BCUT2D eigenvalue weighted by Crippen LogP contribution is 2.20. The van der Waals surface area contributed by atoms with Crippen molar-refractivity contribution in [3.8, 4) is 17.1 Å². The summed E-state index contributed by atoms with van der Waals surface area (Å²) in [4.78, 5) is 16.4. The molecule has 0 radical (unpaired) electrons. The molecule has 1 N–H and O–H groups in total. The zero-order valence-corrected chi connectivity index (χ0v) is 15.2. The predicted octanol–water partition coefficient (Wildman–Crippen LogP) is 4.15. The Morgan fingerprint density at radius 2 is 2.00 bits per heavy atom. The number of carbonyl (C=O) groups is 1. The Balaban J connectivity index is 1.51. The molecule has 0 saturated carbocycles. The van der Waals surface area contributed by atoms with Crippen molar-refractivity contribution in [3.63, 3.8) is 0 Å². The number of anilines is 1. The van der Waals surface area contributed by atoms with Crippen LogP contribution in [0.1, 0.15) is 24.3 Å². The average Bonchev–Trinajstić information content (AvgIpc) is 3.14. The summed E-state index contributed by atoms with van der Waals surface area (Å²) in [6, 6.07) is 11.6. The lowest BCUT2D eigenvalue weighted by Gasteiger charge is -2.07. The number of methoxy groups -OCH3 is 1. The number of nitrogens with zero attached hydrogens (tertiary/aromatic N) is 2. The van der Waals surface area contributed by atoms with Gasteiger partial charge in [-0.1, -0.05) is 11.2 Å². The van der Waals surface area contributed by atoms with Crippen LogP contribution in [0.15, 0.2) is 47.0 Å². The van der Waals surface area contributed by atoms with Crippen LogP contribution >= 0.6 is 0 Å². The first-order chi connectivity index (χ1) is 13.0. The maximum Gasteiger partial charge on any atom is 0.226 e. The van der Waals surface area contributed by atoms with Crippen LogP contribution < -0.4 is 10.1 Å². The normalized spacial score (nSPS) is 10.6. The number of carbonyl (C=O) groups excluding carboxylic acids is 1. The summed E-state index contributed by atoms with van der Waals surface area (Å²) in [5.41, 5.74) is 2.12. The molecule has 6 nitrogen and oxygen atoms in total. The first-order valence-corrected chi connectivity index (χ1v) is 8.58. The van der Waals surface area contributed by atoms with E-state index >= 15 is 0 Å². The number of ether oxygens (including phenoxy) is 1. The second-order valence-corrected chi connectivity index (χ2v) is 6.10. The number of aryl methyl sites for hydroxylation is 2. The Bertz CT molecular complexity index is 922. The van der Waals surface area contributed by atoms with E-state index in [4.69, 9.17) is 9.26 Å². The van der Waals surface area contributed by atoms with Crippen molar-refractivity contribution in [2.24, 2.45) is 0 Å². The Morgan fingerprint density at radius 3 is 2.74 bits per heavy atom. The van der Waals surface area contributed by atoms with Gasteiger partial charge in [0.25, 0.3) is 0 Å². The van der Waals surface area contributed by atoms with E-state index in [9.17, 15) is 9.18 Å². The molecule has 0 aliphatic rings. The minimum Gasteiger partial charge on any atom is -0.497 e. The first-order valence-electron chi connectivity index (χ1n) is 8.58. The van der Waals surface area contributed by atoms with Crippen LogP contribution in [-0.4, -0.2) is 23.2 Å². The molecule has 0 saturated heterocycles. The van der Waals surface area contributed by atoms with Gasteiger partial charge in [0.05, 0.1) is 7.11 Å². The molecular formula is C20H20FN3O3. The number of rotatable bonds is 7. The van der Waals surface area contributed by atoms with E-state index in [-0.39, 0.29) is 18.1 Å². The highest BCUT2D eigenvalue weighted by molar-refractivity contribution is 5.91. The smallest absolute Gasteiger partial charge is 0.226 e. The summed E-state index contributed by atoms with van der Waals surface area (Å²) < 4.78 is 23.6. The number of hydrogen-bond acceptors (Lipinski definition) is 5. The van der Waals surface area contributed by atoms with Crippen molar-refractivity contribution in [1.82, 2.24) is 10.1 Å². The fraction of sp³-hybridized carbons (Fsp3) is 0.250. The van der Waals surface area contributed by atoms with Crippen LogP contribution in [0, 0.1) is 12.7 Å². The van der Waals surface area contributed by atoms with E-state index < -0.39 is 0 Å². The van der Waals surface area contributed by atoms with Crippen molar-refractivity contribution in [2.75, 3.05) is 12.4 Å². The van der Waals surface area contributed by atoms with Gasteiger partial charge < -0.3 is 14.6 Å². The topological polar surface area (TPSA) is 77.2 Å². The fourth-order valence-electron chi connectivity index (χ4n) is 2.56. The van der Waals surface area contributed by atoms with Gasteiger partial charge in [-0.2, -0.15) is 4.98 Å². The summed E-state index contributed by atoms with van der Waals surface area (Å²) in [5, 5.41) is 6.68. The predicted molar refractivity (Wildman–Crippen MR) is 99.0 cm³/mol. The van der Waals surface area contributed by atoms with Crippen molar-refractivity contribution >= 4 is 11.6 Å². The van der Waals surface area contributed by atoms with Crippen molar-refractivity contribution < 1.29 is 18.4 Å². The van der Waals surface area contributed by atoms with Gasteiger partial charge in [-0.05, 0) is 55.3 Å². The Labute approximate surface area is 156 Å². The average molecular weight is 369 g/mol. The monoisotopic (exact) mass is 369 g/mol. The largest absolute Gasteiger partial charge is 0.497 e. The number of benzene rings is 2. The molecule has 1 heterocycles. The van der Waals surface area contributed by atoms with E-state index in [1.165, 1.54) is 12.1 Å². The molecule has 0 bridgehead atoms. The maximum absolute atomic E-state index is 13.3. The third-order valence-electron chi connectivity index (χ3n) is 4.08. The van der Waals surface area contributed by atoms with Crippen molar-refractivity contribution in [1.29, 1.82) is 0 Å². The third-order valence-corrected chi connectivity index (χ3v) is 4.08. The third kappa shape index (κ3) is 4.91. The molecule has 0 aliphatic heterocycles. The lowest BCUT2D eigenvalue weighted by atomic mass is 10.1. The number of amides is 1. The van der Waals surface area contributed by atoms with E-state index in [0.29, 0.717) is 30.2 Å². The number of aromatic nitrogens is 2. The quantitative estimate of drug-likeness (QED) is 0.677. The van der Waals surface area contributed by atoms with Gasteiger partial charge in [-0.15, -0.1) is 0 Å². The van der Waals surface area contributed by atoms with Gasteiger partial charge in [0.15, 0.2) is 0 Å².